The van der Waals surface area contributed by atoms with E-state index >= 15 is 0 Å². The molecule has 0 aromatic rings. The van der Waals surface area contributed by atoms with Crippen molar-refractivity contribution in [3.63, 3.8) is 0 Å². The van der Waals surface area contributed by atoms with Gasteiger partial charge in [0.05, 0.1) is 27.7 Å². The topological polar surface area (TPSA) is 58.6 Å². The van der Waals surface area contributed by atoms with Gasteiger partial charge in [0, 0.05) is 6.42 Å². The van der Waals surface area contributed by atoms with Crippen molar-refractivity contribution in [1.82, 2.24) is 0 Å². The first-order chi connectivity index (χ1) is 16.8. The quantitative estimate of drug-likeness (QED) is 0.135. The molecule has 0 bridgehead atoms. The summed E-state index contributed by atoms with van der Waals surface area (Å²) in [6.07, 6.45) is 28.0. The number of nitrogens with zero attached hydrogens (tertiary/aromatic N) is 1. The molecule has 0 aromatic carbocycles. The molecule has 2 aliphatic carbocycles. The van der Waals surface area contributed by atoms with Crippen LogP contribution in [0.15, 0.2) is 11.6 Å². The van der Waals surface area contributed by atoms with Crippen LogP contribution >= 0.6 is 7.82 Å². The number of phosphoric acid groups is 1. The van der Waals surface area contributed by atoms with Gasteiger partial charge in [0.15, 0.2) is 0 Å². The molecule has 0 amide bonds. The standard InChI is InChI=1S/C29H56NO4P/c1-30(2,3)28-24-18-19-25-29(28)34-35(31,32)33-26-20-14-17-23-27-21-15-12-10-8-6-4-5-7-9-11-13-16-22-27/h23,28-29H,4-22,24-26H2,1-3H3/t28-,29-/m1/s1. The summed E-state index contributed by atoms with van der Waals surface area (Å²) in [6, 6.07) is 0.200. The van der Waals surface area contributed by atoms with Gasteiger partial charge >= 0.3 is 0 Å². The number of unbranched alkanes of at least 4 members (excludes halogenated alkanes) is 2. The van der Waals surface area contributed by atoms with E-state index in [0.29, 0.717) is 0 Å². The molecule has 0 aliphatic heterocycles. The second-order valence-corrected chi connectivity index (χ2v) is 13.4. The van der Waals surface area contributed by atoms with Crippen LogP contribution < -0.4 is 4.89 Å². The van der Waals surface area contributed by atoms with Crippen LogP contribution in [0.25, 0.3) is 0 Å². The van der Waals surface area contributed by atoms with E-state index in [2.05, 4.69) is 27.2 Å². The highest BCUT2D eigenvalue weighted by molar-refractivity contribution is 7.45. The highest BCUT2D eigenvalue weighted by atomic mass is 31.2. The minimum atomic E-state index is -4.26. The summed E-state index contributed by atoms with van der Waals surface area (Å²) >= 11 is 0. The summed E-state index contributed by atoms with van der Waals surface area (Å²) in [5.74, 6) is 0. The molecule has 2 fully saturated rings. The fourth-order valence-corrected chi connectivity index (χ4v) is 6.80. The van der Waals surface area contributed by atoms with Crippen LogP contribution in [0.5, 0.6) is 0 Å². The van der Waals surface area contributed by atoms with Crippen LogP contribution in [0.1, 0.15) is 135 Å². The maximum absolute atomic E-state index is 12.5. The maximum atomic E-state index is 12.5. The molecule has 35 heavy (non-hydrogen) atoms. The van der Waals surface area contributed by atoms with Crippen molar-refractivity contribution in [2.24, 2.45) is 0 Å². The van der Waals surface area contributed by atoms with E-state index in [0.717, 1.165) is 49.4 Å². The molecular weight excluding hydrogens is 457 g/mol. The molecule has 5 nitrogen and oxygen atoms in total. The molecule has 0 aromatic heterocycles. The Labute approximate surface area is 217 Å². The van der Waals surface area contributed by atoms with E-state index in [9.17, 15) is 9.46 Å². The molecule has 6 heteroatoms. The van der Waals surface area contributed by atoms with Crippen molar-refractivity contribution in [2.75, 3.05) is 27.7 Å². The van der Waals surface area contributed by atoms with Gasteiger partial charge in [0.1, 0.15) is 12.1 Å². The van der Waals surface area contributed by atoms with Crippen molar-refractivity contribution < 1.29 is 23.0 Å². The third-order valence-corrected chi connectivity index (χ3v) is 8.98. The summed E-state index contributed by atoms with van der Waals surface area (Å²) in [7, 11) is 2.09. The average Bonchev–Trinajstić information content (AvgIpc) is 2.80. The third kappa shape index (κ3) is 14.4. The molecule has 1 unspecified atom stereocenters. The number of hydrogen-bond donors (Lipinski definition) is 0. The largest absolute Gasteiger partial charge is 0.756 e. The lowest BCUT2D eigenvalue weighted by molar-refractivity contribution is -0.900. The summed E-state index contributed by atoms with van der Waals surface area (Å²) in [5, 5.41) is 0. The molecule has 2 saturated carbocycles. The lowest BCUT2D eigenvalue weighted by atomic mass is 9.91. The highest BCUT2D eigenvalue weighted by Crippen LogP contribution is 2.44. The number of rotatable bonds is 9. The van der Waals surface area contributed by atoms with Gasteiger partial charge in [-0.3, -0.25) is 4.57 Å². The molecule has 206 valence electrons. The molecule has 0 saturated heterocycles. The van der Waals surface area contributed by atoms with Gasteiger partial charge in [-0.15, -0.1) is 0 Å². The van der Waals surface area contributed by atoms with E-state index in [1.54, 1.807) is 5.57 Å². The Morgan fingerprint density at radius 2 is 1.31 bits per heavy atom. The van der Waals surface area contributed by atoms with Crippen molar-refractivity contribution in [1.29, 1.82) is 0 Å². The number of likely N-dealkylation sites (N-methyl/N-ethyl adjacent to an activating group) is 1. The van der Waals surface area contributed by atoms with E-state index < -0.39 is 7.82 Å². The first-order valence-corrected chi connectivity index (χ1v) is 16.4. The predicted molar refractivity (Wildman–Crippen MR) is 145 cm³/mol. The van der Waals surface area contributed by atoms with E-state index in [-0.39, 0.29) is 18.8 Å². The normalized spacial score (nSPS) is 26.3. The summed E-state index contributed by atoms with van der Waals surface area (Å²) in [5.41, 5.74) is 1.63. The Hall–Kier alpha value is -0.190. The second-order valence-electron chi connectivity index (χ2n) is 12.0. The zero-order chi connectivity index (χ0) is 25.4. The monoisotopic (exact) mass is 513 g/mol. The minimum Gasteiger partial charge on any atom is -0.756 e. The lowest BCUT2D eigenvalue weighted by Crippen LogP contribution is -2.53. The smallest absolute Gasteiger partial charge is 0.268 e. The molecular formula is C29H56NO4P. The molecule has 2 aliphatic rings. The van der Waals surface area contributed by atoms with Gasteiger partial charge < -0.3 is 18.4 Å². The Morgan fingerprint density at radius 3 is 1.86 bits per heavy atom. The van der Waals surface area contributed by atoms with Crippen molar-refractivity contribution in [3.05, 3.63) is 11.6 Å². The van der Waals surface area contributed by atoms with Crippen molar-refractivity contribution in [3.8, 4) is 0 Å². The SMILES string of the molecule is C[N+](C)(C)[C@@H]1CCCC[C@H]1OP(=O)([O-])OCCCCC=C1CCCCCCCCCCCCCC1. The molecule has 0 radical (unpaired) electrons. The van der Waals surface area contributed by atoms with Gasteiger partial charge in [-0.2, -0.15) is 0 Å². The van der Waals surface area contributed by atoms with Crippen LogP contribution in [-0.2, 0) is 13.6 Å². The average molecular weight is 514 g/mol. The molecule has 0 spiro atoms. The van der Waals surface area contributed by atoms with Gasteiger partial charge in [-0.1, -0.05) is 82.3 Å². The highest BCUT2D eigenvalue weighted by Gasteiger charge is 2.37. The number of phosphoric ester groups is 1. The first-order valence-electron chi connectivity index (χ1n) is 14.9. The van der Waals surface area contributed by atoms with Crippen LogP contribution in [0.3, 0.4) is 0 Å². The Kier molecular flexibility index (Phi) is 15.4. The van der Waals surface area contributed by atoms with Crippen LogP contribution in [0.2, 0.25) is 0 Å². The maximum Gasteiger partial charge on any atom is 0.268 e. The van der Waals surface area contributed by atoms with Crippen molar-refractivity contribution >= 4 is 7.82 Å². The van der Waals surface area contributed by atoms with Gasteiger partial charge in [0.25, 0.3) is 7.82 Å². The van der Waals surface area contributed by atoms with Crippen molar-refractivity contribution in [2.45, 2.75) is 147 Å². The predicted octanol–water partition coefficient (Wildman–Crippen LogP) is 8.08. The fourth-order valence-electron chi connectivity index (χ4n) is 5.81. The Balaban J connectivity index is 1.69. The summed E-state index contributed by atoms with van der Waals surface area (Å²) in [4.78, 5) is 12.5. The summed E-state index contributed by atoms with van der Waals surface area (Å²) < 4.78 is 24.0. The van der Waals surface area contributed by atoms with Crippen LogP contribution in [0.4, 0.5) is 0 Å². The molecule has 3 atom stereocenters. The van der Waals surface area contributed by atoms with Gasteiger partial charge in [0.2, 0.25) is 0 Å². The lowest BCUT2D eigenvalue weighted by Gasteiger charge is -2.43. The Bertz CT molecular complexity index is 613. The van der Waals surface area contributed by atoms with Gasteiger partial charge in [-0.05, 0) is 57.8 Å². The molecule has 0 N–H and O–H groups in total. The molecule has 0 heterocycles. The minimum absolute atomic E-state index is 0.200. The number of allylic oxidation sites excluding steroid dienone is 2. The Morgan fingerprint density at radius 1 is 0.800 bits per heavy atom. The first kappa shape index (κ1) is 31.0. The van der Waals surface area contributed by atoms with Crippen LogP contribution in [-0.4, -0.2) is 44.4 Å². The fraction of sp³-hybridized carbons (Fsp3) is 0.931. The summed E-state index contributed by atoms with van der Waals surface area (Å²) in [6.45, 7) is 0.228. The zero-order valence-corrected chi connectivity index (χ0v) is 24.2. The third-order valence-electron chi connectivity index (χ3n) is 7.95. The van der Waals surface area contributed by atoms with E-state index in [4.69, 9.17) is 9.05 Å². The van der Waals surface area contributed by atoms with Gasteiger partial charge in [-0.25, -0.2) is 0 Å². The van der Waals surface area contributed by atoms with Crippen LogP contribution in [0, 0.1) is 0 Å². The second kappa shape index (κ2) is 17.3. The molecule has 2 rings (SSSR count). The van der Waals surface area contributed by atoms with E-state index in [1.807, 2.05) is 0 Å². The zero-order valence-electron chi connectivity index (χ0n) is 23.3. The van der Waals surface area contributed by atoms with E-state index in [1.165, 1.54) is 89.9 Å². The number of quaternary nitrogens is 1. The number of hydrogen-bond acceptors (Lipinski definition) is 4.